The maximum atomic E-state index is 9.33. The normalized spacial score (nSPS) is 22.5. The first-order valence-electron chi connectivity index (χ1n) is 7.58. The molecule has 0 aliphatic heterocycles. The van der Waals surface area contributed by atoms with E-state index in [-0.39, 0.29) is 25.4 Å². The quantitative estimate of drug-likeness (QED) is 0.543. The number of rotatable bonds is 8. The highest BCUT2D eigenvalue weighted by Crippen LogP contribution is 2.26. The number of aliphatic hydroxyl groups is 1. The zero-order valence-corrected chi connectivity index (χ0v) is 12.7. The molecule has 0 heterocycles. The third-order valence-electron chi connectivity index (χ3n) is 4.08. The standard InChI is InChI=1S/C16H30O3/c1-13(9-10-15-7-5-4-6-8-15)16(14(2)11-17)19-12-18-3/h9-10,13-17H,4-8,11-12H2,1-3H3/b10-9+/t13-,14-,16+/m0/s1. The summed E-state index contributed by atoms with van der Waals surface area (Å²) >= 11 is 0. The van der Waals surface area contributed by atoms with Crippen LogP contribution < -0.4 is 0 Å². The molecule has 1 N–H and O–H groups in total. The summed E-state index contributed by atoms with van der Waals surface area (Å²) in [5.41, 5.74) is 0. The van der Waals surface area contributed by atoms with Crippen molar-refractivity contribution in [2.45, 2.75) is 52.1 Å². The number of methoxy groups -OCH3 is 1. The second kappa shape index (κ2) is 9.51. The highest BCUT2D eigenvalue weighted by atomic mass is 16.7. The van der Waals surface area contributed by atoms with Gasteiger partial charge in [-0.3, -0.25) is 0 Å². The molecule has 1 saturated carbocycles. The minimum atomic E-state index is 0.0183. The minimum absolute atomic E-state index is 0.0183. The lowest BCUT2D eigenvalue weighted by atomic mass is 9.87. The molecule has 1 fully saturated rings. The van der Waals surface area contributed by atoms with Crippen LogP contribution in [0, 0.1) is 17.8 Å². The zero-order valence-electron chi connectivity index (χ0n) is 12.7. The molecule has 3 heteroatoms. The third kappa shape index (κ3) is 6.07. The van der Waals surface area contributed by atoms with Crippen molar-refractivity contribution < 1.29 is 14.6 Å². The predicted molar refractivity (Wildman–Crippen MR) is 77.9 cm³/mol. The molecule has 0 saturated heterocycles. The van der Waals surface area contributed by atoms with Crippen molar-refractivity contribution in [2.75, 3.05) is 20.5 Å². The van der Waals surface area contributed by atoms with Gasteiger partial charge in [-0.2, -0.15) is 0 Å². The van der Waals surface area contributed by atoms with E-state index in [1.807, 2.05) is 6.92 Å². The summed E-state index contributed by atoms with van der Waals surface area (Å²) in [5.74, 6) is 1.17. The van der Waals surface area contributed by atoms with Gasteiger partial charge >= 0.3 is 0 Å². The fraction of sp³-hybridized carbons (Fsp3) is 0.875. The lowest BCUT2D eigenvalue weighted by Crippen LogP contribution is -2.31. The van der Waals surface area contributed by atoms with Crippen LogP contribution in [0.25, 0.3) is 0 Å². The van der Waals surface area contributed by atoms with E-state index < -0.39 is 0 Å². The van der Waals surface area contributed by atoms with E-state index in [1.54, 1.807) is 7.11 Å². The Balaban J connectivity index is 2.49. The smallest absolute Gasteiger partial charge is 0.146 e. The Morgan fingerprint density at radius 2 is 1.89 bits per heavy atom. The molecule has 1 aliphatic carbocycles. The number of aliphatic hydroxyl groups excluding tert-OH is 1. The number of hydrogen-bond acceptors (Lipinski definition) is 3. The Hall–Kier alpha value is -0.380. The first kappa shape index (κ1) is 16.7. The van der Waals surface area contributed by atoms with Crippen LogP contribution in [0.1, 0.15) is 46.0 Å². The van der Waals surface area contributed by atoms with Crippen molar-refractivity contribution in [3.63, 3.8) is 0 Å². The van der Waals surface area contributed by atoms with E-state index in [9.17, 15) is 5.11 Å². The van der Waals surface area contributed by atoms with Crippen LogP contribution >= 0.6 is 0 Å². The number of ether oxygens (including phenoxy) is 2. The molecular weight excluding hydrogens is 240 g/mol. The summed E-state index contributed by atoms with van der Waals surface area (Å²) in [6.45, 7) is 4.61. The van der Waals surface area contributed by atoms with Gasteiger partial charge in [0.2, 0.25) is 0 Å². The molecule has 0 aromatic carbocycles. The molecule has 112 valence electrons. The van der Waals surface area contributed by atoms with Gasteiger partial charge < -0.3 is 14.6 Å². The first-order chi connectivity index (χ1) is 9.19. The lowest BCUT2D eigenvalue weighted by molar-refractivity contribution is -0.107. The van der Waals surface area contributed by atoms with Crippen LogP contribution in [0.3, 0.4) is 0 Å². The van der Waals surface area contributed by atoms with E-state index in [1.165, 1.54) is 32.1 Å². The molecule has 3 atom stereocenters. The molecule has 1 rings (SSSR count). The summed E-state index contributed by atoms with van der Waals surface area (Å²) in [4.78, 5) is 0. The fourth-order valence-electron chi connectivity index (χ4n) is 2.85. The summed E-state index contributed by atoms with van der Waals surface area (Å²) in [6, 6.07) is 0. The average molecular weight is 270 g/mol. The summed E-state index contributed by atoms with van der Waals surface area (Å²) in [7, 11) is 1.63. The highest BCUT2D eigenvalue weighted by Gasteiger charge is 2.22. The second-order valence-corrected chi connectivity index (χ2v) is 5.84. The van der Waals surface area contributed by atoms with Crippen LogP contribution in [0.4, 0.5) is 0 Å². The largest absolute Gasteiger partial charge is 0.396 e. The molecule has 0 spiro atoms. The van der Waals surface area contributed by atoms with Gasteiger partial charge in [-0.15, -0.1) is 0 Å². The number of allylic oxidation sites excluding steroid dienone is 1. The molecule has 0 aromatic rings. The van der Waals surface area contributed by atoms with Gasteiger partial charge in [0.05, 0.1) is 6.10 Å². The monoisotopic (exact) mass is 270 g/mol. The van der Waals surface area contributed by atoms with Gasteiger partial charge in [0, 0.05) is 25.6 Å². The van der Waals surface area contributed by atoms with Crippen molar-refractivity contribution in [2.24, 2.45) is 17.8 Å². The topological polar surface area (TPSA) is 38.7 Å². The van der Waals surface area contributed by atoms with Crippen LogP contribution in [0.5, 0.6) is 0 Å². The average Bonchev–Trinajstić information content (AvgIpc) is 2.46. The summed E-state index contributed by atoms with van der Waals surface area (Å²) in [5, 5.41) is 9.33. The van der Waals surface area contributed by atoms with E-state index in [2.05, 4.69) is 19.1 Å². The van der Waals surface area contributed by atoms with Crippen molar-refractivity contribution in [3.8, 4) is 0 Å². The minimum Gasteiger partial charge on any atom is -0.396 e. The Morgan fingerprint density at radius 1 is 1.21 bits per heavy atom. The van der Waals surface area contributed by atoms with Gasteiger partial charge in [-0.25, -0.2) is 0 Å². The van der Waals surface area contributed by atoms with Gasteiger partial charge in [0.15, 0.2) is 0 Å². The van der Waals surface area contributed by atoms with Crippen molar-refractivity contribution in [3.05, 3.63) is 12.2 Å². The van der Waals surface area contributed by atoms with E-state index >= 15 is 0 Å². The molecule has 3 nitrogen and oxygen atoms in total. The van der Waals surface area contributed by atoms with E-state index in [0.29, 0.717) is 5.92 Å². The molecule has 0 radical (unpaired) electrons. The van der Waals surface area contributed by atoms with Gasteiger partial charge in [-0.1, -0.05) is 45.3 Å². The Morgan fingerprint density at radius 3 is 2.47 bits per heavy atom. The molecule has 0 unspecified atom stereocenters. The molecular formula is C16H30O3. The highest BCUT2D eigenvalue weighted by molar-refractivity contribution is 4.96. The predicted octanol–water partition coefficient (Wildman–Crippen LogP) is 3.38. The SMILES string of the molecule is COCO[C@H]([C@@H](C)/C=C/C1CCCCC1)[C@@H](C)CO. The van der Waals surface area contributed by atoms with Crippen molar-refractivity contribution in [1.29, 1.82) is 0 Å². The van der Waals surface area contributed by atoms with E-state index in [4.69, 9.17) is 9.47 Å². The third-order valence-corrected chi connectivity index (χ3v) is 4.08. The first-order valence-corrected chi connectivity index (χ1v) is 7.58. The fourth-order valence-corrected chi connectivity index (χ4v) is 2.85. The Bertz CT molecular complexity index is 246. The van der Waals surface area contributed by atoms with Gasteiger partial charge in [0.1, 0.15) is 6.79 Å². The zero-order chi connectivity index (χ0) is 14.1. The lowest BCUT2D eigenvalue weighted by Gasteiger charge is -2.27. The molecule has 19 heavy (non-hydrogen) atoms. The van der Waals surface area contributed by atoms with Gasteiger partial charge in [-0.05, 0) is 18.8 Å². The molecule has 0 amide bonds. The van der Waals surface area contributed by atoms with Crippen LogP contribution in [-0.2, 0) is 9.47 Å². The van der Waals surface area contributed by atoms with Crippen LogP contribution in [0.15, 0.2) is 12.2 Å². The molecule has 1 aliphatic rings. The maximum absolute atomic E-state index is 9.33. The second-order valence-electron chi connectivity index (χ2n) is 5.84. The van der Waals surface area contributed by atoms with Crippen LogP contribution in [-0.4, -0.2) is 31.7 Å². The van der Waals surface area contributed by atoms with Gasteiger partial charge in [0.25, 0.3) is 0 Å². The molecule has 0 aromatic heterocycles. The van der Waals surface area contributed by atoms with Crippen molar-refractivity contribution >= 4 is 0 Å². The summed E-state index contributed by atoms with van der Waals surface area (Å²) in [6.07, 6.45) is 11.4. The maximum Gasteiger partial charge on any atom is 0.146 e. The summed E-state index contributed by atoms with van der Waals surface area (Å²) < 4.78 is 10.7. The Kier molecular flexibility index (Phi) is 8.35. The molecule has 0 bridgehead atoms. The van der Waals surface area contributed by atoms with Crippen LogP contribution in [0.2, 0.25) is 0 Å². The van der Waals surface area contributed by atoms with Crippen molar-refractivity contribution in [1.82, 2.24) is 0 Å². The number of hydrogen-bond donors (Lipinski definition) is 1. The Labute approximate surface area is 118 Å². The van der Waals surface area contributed by atoms with E-state index in [0.717, 1.165) is 5.92 Å².